The Balaban J connectivity index is 4.82. The Bertz CT molecular complexity index is 414. The number of hydrogen-bond donors (Lipinski definition) is 2. The van der Waals surface area contributed by atoms with Gasteiger partial charge in [0.05, 0.1) is 5.41 Å². The van der Waals surface area contributed by atoms with Crippen LogP contribution >= 0.6 is 0 Å². The zero-order valence-corrected chi connectivity index (χ0v) is 12.1. The van der Waals surface area contributed by atoms with E-state index in [1.807, 2.05) is 0 Å². The third-order valence-electron chi connectivity index (χ3n) is 2.26. The van der Waals surface area contributed by atoms with Crippen LogP contribution in [0.2, 0.25) is 0 Å². The summed E-state index contributed by atoms with van der Waals surface area (Å²) in [6.07, 6.45) is -5.11. The topological polar surface area (TPSA) is 110 Å². The second-order valence-corrected chi connectivity index (χ2v) is 5.36. The molecule has 0 saturated carbocycles. The third-order valence-corrected chi connectivity index (χ3v) is 2.26. The van der Waals surface area contributed by atoms with Crippen LogP contribution in [0.25, 0.3) is 0 Å². The Hall–Kier alpha value is -1.61. The summed E-state index contributed by atoms with van der Waals surface area (Å²) in [5.41, 5.74) is -1.20. The van der Waals surface area contributed by atoms with Gasteiger partial charge in [0, 0.05) is 6.92 Å². The van der Waals surface area contributed by atoms with Crippen molar-refractivity contribution in [1.82, 2.24) is 0 Å². The van der Waals surface area contributed by atoms with Gasteiger partial charge >= 0.3 is 23.8 Å². The molecule has 0 aromatic carbocycles. The van der Waals surface area contributed by atoms with Crippen molar-refractivity contribution in [3.05, 3.63) is 0 Å². The molecule has 2 N–H and O–H groups in total. The number of ether oxygens (including phenoxy) is 2. The van der Waals surface area contributed by atoms with Gasteiger partial charge in [-0.2, -0.15) is 8.78 Å². The van der Waals surface area contributed by atoms with E-state index in [9.17, 15) is 33.4 Å². The molecule has 21 heavy (non-hydrogen) atoms. The van der Waals surface area contributed by atoms with E-state index >= 15 is 0 Å². The fourth-order valence-corrected chi connectivity index (χ4v) is 0.962. The van der Waals surface area contributed by atoms with Crippen molar-refractivity contribution in [1.29, 1.82) is 0 Å². The molecule has 0 aliphatic carbocycles. The Kier molecular flexibility index (Phi) is 6.37. The Labute approximate surface area is 119 Å². The van der Waals surface area contributed by atoms with Gasteiger partial charge in [0.15, 0.2) is 6.10 Å². The summed E-state index contributed by atoms with van der Waals surface area (Å²) in [7, 11) is 0. The molecule has 9 heteroatoms. The normalized spacial score (nSPS) is 15.0. The van der Waals surface area contributed by atoms with Crippen molar-refractivity contribution >= 4 is 17.9 Å². The minimum absolute atomic E-state index is 0.866. The molecule has 0 radical (unpaired) electrons. The minimum atomic E-state index is -4.54. The summed E-state index contributed by atoms with van der Waals surface area (Å²) in [5.74, 6) is -8.92. The molecule has 122 valence electrons. The maximum atomic E-state index is 13.6. The van der Waals surface area contributed by atoms with E-state index in [2.05, 4.69) is 9.47 Å². The first kappa shape index (κ1) is 19.4. The SMILES string of the molecule is CC(=O)OC[C@@H](O)[C@@H](O)C(F)(F)C(=O)OC(=O)C(C)(C)C. The number of carbonyl (C=O) groups is 3. The van der Waals surface area contributed by atoms with Crippen LogP contribution in [-0.2, 0) is 23.9 Å². The lowest BCUT2D eigenvalue weighted by Crippen LogP contribution is -2.51. The van der Waals surface area contributed by atoms with Crippen molar-refractivity contribution in [2.75, 3.05) is 6.61 Å². The average molecular weight is 312 g/mol. The van der Waals surface area contributed by atoms with Crippen LogP contribution in [0, 0.1) is 5.41 Å². The summed E-state index contributed by atoms with van der Waals surface area (Å²) in [6.45, 7) is 4.05. The highest BCUT2D eigenvalue weighted by molar-refractivity contribution is 5.91. The largest absolute Gasteiger partial charge is 0.463 e. The van der Waals surface area contributed by atoms with Crippen LogP contribution in [-0.4, -0.2) is 52.9 Å². The number of hydrogen-bond acceptors (Lipinski definition) is 7. The van der Waals surface area contributed by atoms with Gasteiger partial charge in [0.25, 0.3) is 0 Å². The van der Waals surface area contributed by atoms with E-state index in [-0.39, 0.29) is 0 Å². The first-order valence-corrected chi connectivity index (χ1v) is 5.94. The van der Waals surface area contributed by atoms with Crippen LogP contribution in [0.4, 0.5) is 8.78 Å². The number of carbonyl (C=O) groups excluding carboxylic acids is 3. The molecule has 0 aromatic heterocycles. The number of esters is 3. The maximum Gasteiger partial charge on any atom is 0.387 e. The molecule has 0 aliphatic rings. The fourth-order valence-electron chi connectivity index (χ4n) is 0.962. The fraction of sp³-hybridized carbons (Fsp3) is 0.750. The molecule has 0 amide bonds. The summed E-state index contributed by atoms with van der Waals surface area (Å²) >= 11 is 0. The lowest BCUT2D eigenvalue weighted by atomic mass is 9.97. The van der Waals surface area contributed by atoms with Crippen LogP contribution in [0.1, 0.15) is 27.7 Å². The quantitative estimate of drug-likeness (QED) is 0.544. The second kappa shape index (κ2) is 6.90. The maximum absolute atomic E-state index is 13.6. The molecule has 0 aromatic rings. The van der Waals surface area contributed by atoms with E-state index in [1.165, 1.54) is 20.8 Å². The number of rotatable bonds is 5. The lowest BCUT2D eigenvalue weighted by Gasteiger charge is -2.25. The van der Waals surface area contributed by atoms with Gasteiger partial charge in [0.2, 0.25) is 0 Å². The molecule has 0 bridgehead atoms. The highest BCUT2D eigenvalue weighted by atomic mass is 19.3. The first-order valence-electron chi connectivity index (χ1n) is 5.94. The third kappa shape index (κ3) is 5.72. The second-order valence-electron chi connectivity index (χ2n) is 5.36. The Morgan fingerprint density at radius 2 is 1.57 bits per heavy atom. The molecule has 0 aliphatic heterocycles. The van der Waals surface area contributed by atoms with Crippen LogP contribution in [0.15, 0.2) is 0 Å². The number of aliphatic hydroxyl groups is 2. The van der Waals surface area contributed by atoms with Crippen LogP contribution in [0.3, 0.4) is 0 Å². The molecule has 0 fully saturated rings. The van der Waals surface area contributed by atoms with Gasteiger partial charge in [-0.05, 0) is 20.8 Å². The average Bonchev–Trinajstić information content (AvgIpc) is 2.33. The van der Waals surface area contributed by atoms with Crippen LogP contribution < -0.4 is 0 Å². The summed E-state index contributed by atoms with van der Waals surface area (Å²) < 4.78 is 35.3. The predicted molar refractivity (Wildman–Crippen MR) is 64.1 cm³/mol. The Morgan fingerprint density at radius 1 is 1.10 bits per heavy atom. The monoisotopic (exact) mass is 312 g/mol. The minimum Gasteiger partial charge on any atom is -0.463 e. The lowest BCUT2D eigenvalue weighted by molar-refractivity contribution is -0.206. The van der Waals surface area contributed by atoms with Gasteiger partial charge in [-0.25, -0.2) is 4.79 Å². The van der Waals surface area contributed by atoms with E-state index in [0.29, 0.717) is 0 Å². The van der Waals surface area contributed by atoms with E-state index in [4.69, 9.17) is 0 Å². The van der Waals surface area contributed by atoms with Gasteiger partial charge in [-0.15, -0.1) is 0 Å². The van der Waals surface area contributed by atoms with Crippen molar-refractivity contribution < 1.29 is 42.9 Å². The zero-order chi connectivity index (χ0) is 17.0. The number of alkyl halides is 2. The van der Waals surface area contributed by atoms with Crippen molar-refractivity contribution in [2.24, 2.45) is 5.41 Å². The van der Waals surface area contributed by atoms with E-state index in [1.54, 1.807) is 0 Å². The molecule has 2 atom stereocenters. The summed E-state index contributed by atoms with van der Waals surface area (Å²) in [6, 6.07) is 0. The van der Waals surface area contributed by atoms with Gasteiger partial charge in [-0.1, -0.05) is 0 Å². The van der Waals surface area contributed by atoms with Crippen molar-refractivity contribution in [3.63, 3.8) is 0 Å². The van der Waals surface area contributed by atoms with Crippen molar-refractivity contribution in [3.8, 4) is 0 Å². The highest BCUT2D eigenvalue weighted by Crippen LogP contribution is 2.25. The summed E-state index contributed by atoms with van der Waals surface area (Å²) in [5, 5.41) is 18.5. The van der Waals surface area contributed by atoms with Crippen molar-refractivity contribution in [2.45, 2.75) is 45.8 Å². The Morgan fingerprint density at radius 3 is 1.95 bits per heavy atom. The van der Waals surface area contributed by atoms with E-state index in [0.717, 1.165) is 6.92 Å². The molecule has 0 spiro atoms. The molecular weight excluding hydrogens is 294 g/mol. The molecule has 0 rings (SSSR count). The van der Waals surface area contributed by atoms with Gasteiger partial charge < -0.3 is 19.7 Å². The zero-order valence-electron chi connectivity index (χ0n) is 12.1. The highest BCUT2D eigenvalue weighted by Gasteiger charge is 2.53. The molecule has 0 heterocycles. The number of aliphatic hydroxyl groups excluding tert-OH is 2. The smallest absolute Gasteiger partial charge is 0.387 e. The van der Waals surface area contributed by atoms with Crippen LogP contribution in [0.5, 0.6) is 0 Å². The van der Waals surface area contributed by atoms with Gasteiger partial charge in [0.1, 0.15) is 12.7 Å². The first-order chi connectivity index (χ1) is 9.30. The predicted octanol–water partition coefficient (Wildman–Crippen LogP) is 0.0225. The molecule has 0 unspecified atom stereocenters. The molecule has 0 saturated heterocycles. The standard InChI is InChI=1S/C12H18F2O7/c1-6(15)20-5-7(16)8(17)12(13,14)10(19)21-9(18)11(2,3)4/h7-8,16-17H,5H2,1-4H3/t7-,8-/m1/s1. The van der Waals surface area contributed by atoms with E-state index < -0.39 is 48.1 Å². The molecule has 7 nitrogen and oxygen atoms in total. The summed E-state index contributed by atoms with van der Waals surface area (Å²) in [4.78, 5) is 33.0. The van der Waals surface area contributed by atoms with Gasteiger partial charge in [-0.3, -0.25) is 9.59 Å². The molecular formula is C12H18F2O7. The number of halogens is 2.